The van der Waals surface area contributed by atoms with Crippen molar-refractivity contribution in [3.63, 3.8) is 0 Å². The zero-order chi connectivity index (χ0) is 30.2. The van der Waals surface area contributed by atoms with Gasteiger partial charge in [-0.1, -0.05) is 18.2 Å². The molecule has 2 aromatic heterocycles. The second kappa shape index (κ2) is 12.2. The van der Waals surface area contributed by atoms with E-state index in [-0.39, 0.29) is 35.9 Å². The number of aromatic nitrogens is 3. The monoisotopic (exact) mass is 604 g/mol. The molecule has 3 aliphatic heterocycles. The molecule has 3 fully saturated rings. The normalized spacial score (nSPS) is 19.5. The largest absolute Gasteiger partial charge is 0.478 e. The molecule has 0 unspecified atom stereocenters. The average molecular weight is 605 g/mol. The lowest BCUT2D eigenvalue weighted by molar-refractivity contribution is -0.0592. The van der Waals surface area contributed by atoms with E-state index in [0.29, 0.717) is 55.4 Å². The summed E-state index contributed by atoms with van der Waals surface area (Å²) in [6.45, 7) is 4.83. The van der Waals surface area contributed by atoms with E-state index in [1.165, 1.54) is 12.1 Å². The van der Waals surface area contributed by atoms with E-state index < -0.39 is 11.8 Å². The Bertz CT molecular complexity index is 1680. The minimum Gasteiger partial charge on any atom is -0.478 e. The second-order valence-electron chi connectivity index (χ2n) is 11.9. The Morgan fingerprint density at radius 1 is 1.00 bits per heavy atom. The van der Waals surface area contributed by atoms with Crippen molar-refractivity contribution in [1.82, 2.24) is 19.4 Å². The van der Waals surface area contributed by atoms with Gasteiger partial charge < -0.3 is 23.9 Å². The third-order valence-corrected chi connectivity index (χ3v) is 9.00. The van der Waals surface area contributed by atoms with Gasteiger partial charge in [0.1, 0.15) is 24.1 Å². The molecule has 3 aliphatic rings. The number of nitrogens with zero attached hydrogens (tertiary/aromatic N) is 4. The molecule has 230 valence electrons. The van der Waals surface area contributed by atoms with Gasteiger partial charge in [-0.05, 0) is 56.1 Å². The van der Waals surface area contributed by atoms with Gasteiger partial charge in [-0.2, -0.15) is 0 Å². The van der Waals surface area contributed by atoms with Crippen molar-refractivity contribution in [1.29, 1.82) is 0 Å². The fourth-order valence-corrected chi connectivity index (χ4v) is 6.16. The van der Waals surface area contributed by atoms with Crippen molar-refractivity contribution in [2.24, 2.45) is 0 Å². The number of benzene rings is 2. The Labute approximate surface area is 253 Å². The molecule has 7 rings (SSSR count). The van der Waals surface area contributed by atoms with E-state index in [1.54, 1.807) is 18.2 Å². The number of carbonyl (C=O) groups is 1. The highest BCUT2D eigenvalue weighted by molar-refractivity contribution is 5.93. The molecule has 44 heavy (non-hydrogen) atoms. The van der Waals surface area contributed by atoms with Crippen LogP contribution in [0.15, 0.2) is 48.5 Å². The summed E-state index contributed by atoms with van der Waals surface area (Å²) in [6.07, 6.45) is 2.74. The molecule has 0 saturated carbocycles. The summed E-state index contributed by atoms with van der Waals surface area (Å²) in [5.41, 5.74) is 3.09. The van der Waals surface area contributed by atoms with Crippen LogP contribution in [0.5, 0.6) is 5.88 Å². The van der Waals surface area contributed by atoms with Crippen molar-refractivity contribution in [3.05, 3.63) is 88.4 Å². The number of hydrogen-bond donors (Lipinski definition) is 1. The van der Waals surface area contributed by atoms with Crippen LogP contribution in [0.4, 0.5) is 8.78 Å². The van der Waals surface area contributed by atoms with Crippen LogP contribution < -0.4 is 4.74 Å². The van der Waals surface area contributed by atoms with E-state index in [1.807, 2.05) is 22.8 Å². The van der Waals surface area contributed by atoms with Crippen molar-refractivity contribution in [3.8, 4) is 5.88 Å². The third kappa shape index (κ3) is 5.91. The molecule has 1 atom stereocenters. The van der Waals surface area contributed by atoms with E-state index >= 15 is 0 Å². The van der Waals surface area contributed by atoms with Crippen molar-refractivity contribution in [2.45, 2.75) is 56.9 Å². The zero-order valence-corrected chi connectivity index (χ0v) is 24.3. The number of ether oxygens (including phenoxy) is 3. The summed E-state index contributed by atoms with van der Waals surface area (Å²) in [6, 6.07) is 13.6. The first-order valence-corrected chi connectivity index (χ1v) is 15.1. The number of imidazole rings is 1. The number of rotatable bonds is 10. The van der Waals surface area contributed by atoms with Gasteiger partial charge in [-0.15, -0.1) is 0 Å². The minimum atomic E-state index is -1.30. The predicted octanol–water partition coefficient (Wildman–Crippen LogP) is 5.27. The smallest absolute Gasteiger partial charge is 0.338 e. The molecule has 4 aromatic rings. The van der Waals surface area contributed by atoms with Crippen LogP contribution in [-0.4, -0.2) is 69.5 Å². The molecule has 0 spiro atoms. The lowest BCUT2D eigenvalue weighted by Gasteiger charge is -2.32. The molecule has 0 amide bonds. The molecular formula is C33H34F2N4O5. The molecule has 0 bridgehead atoms. The first-order chi connectivity index (χ1) is 21.4. The Kier molecular flexibility index (Phi) is 8.00. The van der Waals surface area contributed by atoms with Gasteiger partial charge in [0.25, 0.3) is 0 Å². The molecule has 9 nitrogen and oxygen atoms in total. The van der Waals surface area contributed by atoms with Gasteiger partial charge in [-0.25, -0.2) is 23.5 Å². The zero-order valence-electron chi connectivity index (χ0n) is 24.3. The molecule has 0 radical (unpaired) electrons. The van der Waals surface area contributed by atoms with Gasteiger partial charge in [0.05, 0.1) is 49.0 Å². The maximum atomic E-state index is 14.7. The van der Waals surface area contributed by atoms with Gasteiger partial charge >= 0.3 is 5.97 Å². The van der Waals surface area contributed by atoms with Crippen molar-refractivity contribution in [2.75, 3.05) is 32.9 Å². The molecule has 0 aliphatic carbocycles. The number of fused-ring (bicyclic) bond motifs is 1. The number of piperidine rings is 1. The van der Waals surface area contributed by atoms with E-state index in [0.717, 1.165) is 49.4 Å². The summed E-state index contributed by atoms with van der Waals surface area (Å²) in [7, 11) is 0. The van der Waals surface area contributed by atoms with Crippen LogP contribution in [0.3, 0.4) is 0 Å². The number of likely N-dealkylation sites (tertiary alicyclic amines) is 1. The standard InChI is InChI=1S/C33H34F2N4O5/c34-26-12-21(23-17-42-18-23)4-5-22(26)19-44-32-3-1-2-28(37-32)20-6-9-38(10-7-20)16-31-36-29-14-27(35)25(33(40)41)13-30(29)39(31)15-24-8-11-43-24/h1-5,12-14,20,23-24H,6-11,15-19H2,(H,40,41)/t24-/m0/s1. The first-order valence-electron chi connectivity index (χ1n) is 15.1. The van der Waals surface area contributed by atoms with Crippen LogP contribution in [-0.2, 0) is 29.2 Å². The third-order valence-electron chi connectivity index (χ3n) is 9.00. The quantitative estimate of drug-likeness (QED) is 0.262. The predicted molar refractivity (Wildman–Crippen MR) is 157 cm³/mol. The fourth-order valence-electron chi connectivity index (χ4n) is 6.16. The molecule has 1 N–H and O–H groups in total. The summed E-state index contributed by atoms with van der Waals surface area (Å²) >= 11 is 0. The molecule has 3 saturated heterocycles. The first kappa shape index (κ1) is 28.8. The minimum absolute atomic E-state index is 0.0362. The van der Waals surface area contributed by atoms with Crippen LogP contribution in [0.25, 0.3) is 11.0 Å². The number of hydrogen-bond acceptors (Lipinski definition) is 7. The molecule has 2 aromatic carbocycles. The number of carboxylic acids is 1. The number of aromatic carboxylic acids is 1. The SMILES string of the molecule is O=C(O)c1cc2c(cc1F)nc(CN1CCC(c3cccc(OCc4ccc(C5COC5)cc4F)n3)CC1)n2C[C@@H]1CCO1. The summed E-state index contributed by atoms with van der Waals surface area (Å²) < 4.78 is 47.9. The number of pyridine rings is 1. The van der Waals surface area contributed by atoms with Crippen molar-refractivity contribution < 1.29 is 32.9 Å². The Hall–Kier alpha value is -3.93. The van der Waals surface area contributed by atoms with Crippen LogP contribution in [0.1, 0.15) is 64.1 Å². The van der Waals surface area contributed by atoms with E-state index in [2.05, 4.69) is 4.90 Å². The molecule has 5 heterocycles. The van der Waals surface area contributed by atoms with E-state index in [4.69, 9.17) is 24.2 Å². The van der Waals surface area contributed by atoms with Crippen LogP contribution in [0.2, 0.25) is 0 Å². The maximum Gasteiger partial charge on any atom is 0.338 e. The van der Waals surface area contributed by atoms with Gasteiger partial charge in [0, 0.05) is 41.8 Å². The van der Waals surface area contributed by atoms with E-state index in [9.17, 15) is 18.7 Å². The maximum absolute atomic E-state index is 14.7. The Balaban J connectivity index is 0.993. The fraction of sp³-hybridized carbons (Fsp3) is 0.424. The second-order valence-corrected chi connectivity index (χ2v) is 11.9. The lowest BCUT2D eigenvalue weighted by atomic mass is 9.93. The van der Waals surface area contributed by atoms with Gasteiger partial charge in [0.2, 0.25) is 5.88 Å². The van der Waals surface area contributed by atoms with Crippen LogP contribution >= 0.6 is 0 Å². The summed E-state index contributed by atoms with van der Waals surface area (Å²) in [5, 5.41) is 9.45. The Morgan fingerprint density at radius 2 is 1.82 bits per heavy atom. The summed E-state index contributed by atoms with van der Waals surface area (Å²) in [5.74, 6) is -0.604. The molecule has 11 heteroatoms. The van der Waals surface area contributed by atoms with Crippen LogP contribution in [0, 0.1) is 11.6 Å². The number of carboxylic acid groups (broad SMARTS) is 1. The number of halogens is 2. The summed E-state index contributed by atoms with van der Waals surface area (Å²) in [4.78, 5) is 23.4. The average Bonchev–Trinajstić information content (AvgIpc) is 3.28. The van der Waals surface area contributed by atoms with Gasteiger partial charge in [-0.3, -0.25) is 4.90 Å². The highest BCUT2D eigenvalue weighted by atomic mass is 19.1. The highest BCUT2D eigenvalue weighted by Crippen LogP contribution is 2.31. The lowest BCUT2D eigenvalue weighted by Crippen LogP contribution is -2.35. The van der Waals surface area contributed by atoms with Crippen molar-refractivity contribution >= 4 is 17.0 Å². The Morgan fingerprint density at radius 3 is 2.50 bits per heavy atom. The topological polar surface area (TPSA) is 98.9 Å². The molecular weight excluding hydrogens is 570 g/mol. The highest BCUT2D eigenvalue weighted by Gasteiger charge is 2.27. The van der Waals surface area contributed by atoms with Gasteiger partial charge in [0.15, 0.2) is 0 Å².